The lowest BCUT2D eigenvalue weighted by atomic mass is 9.83. The minimum absolute atomic E-state index is 0.0375. The number of nitriles is 1. The van der Waals surface area contributed by atoms with Crippen LogP contribution < -0.4 is 5.32 Å². The molecule has 0 aliphatic rings. The molecular weight excluding hydrogens is 436 g/mol. The maximum atomic E-state index is 12.4. The lowest BCUT2D eigenvalue weighted by Gasteiger charge is -2.23. The van der Waals surface area contributed by atoms with Crippen molar-refractivity contribution in [1.29, 1.82) is 5.26 Å². The molecule has 170 valence electrons. The summed E-state index contributed by atoms with van der Waals surface area (Å²) < 4.78 is 23.8. The second kappa shape index (κ2) is 9.92. The van der Waals surface area contributed by atoms with Crippen LogP contribution >= 0.6 is 0 Å². The van der Waals surface area contributed by atoms with Gasteiger partial charge in [-0.15, -0.1) is 0 Å². The molecular formula is C25H26N4O3S. The fraction of sp³-hybridized carbons (Fsp3) is 0.280. The summed E-state index contributed by atoms with van der Waals surface area (Å²) >= 11 is 0. The van der Waals surface area contributed by atoms with Crippen molar-refractivity contribution in [3.8, 4) is 6.07 Å². The van der Waals surface area contributed by atoms with Gasteiger partial charge in [-0.25, -0.2) is 13.4 Å². The molecule has 0 aliphatic heterocycles. The van der Waals surface area contributed by atoms with Crippen LogP contribution in [0.25, 0.3) is 0 Å². The predicted octanol–water partition coefficient (Wildman–Crippen LogP) is 3.84. The largest absolute Gasteiger partial charge is 0.324 e. The molecule has 0 fully saturated rings. The first-order valence-electron chi connectivity index (χ1n) is 10.6. The summed E-state index contributed by atoms with van der Waals surface area (Å²) in [6.07, 6.45) is 2.36. The molecule has 0 saturated carbocycles. The van der Waals surface area contributed by atoms with Gasteiger partial charge in [0.1, 0.15) is 11.8 Å². The zero-order valence-electron chi connectivity index (χ0n) is 18.9. The van der Waals surface area contributed by atoms with Crippen LogP contribution in [0.1, 0.15) is 43.4 Å². The number of sulfone groups is 1. The van der Waals surface area contributed by atoms with Crippen molar-refractivity contribution in [2.24, 2.45) is 0 Å². The number of rotatable bonds is 8. The number of aromatic nitrogens is 2. The number of hydrogen-bond acceptors (Lipinski definition) is 6. The van der Waals surface area contributed by atoms with Crippen molar-refractivity contribution in [3.63, 3.8) is 0 Å². The van der Waals surface area contributed by atoms with Gasteiger partial charge in [0, 0.05) is 23.2 Å². The van der Waals surface area contributed by atoms with E-state index in [9.17, 15) is 13.2 Å². The molecule has 8 heteroatoms. The summed E-state index contributed by atoms with van der Waals surface area (Å²) in [4.78, 5) is 21.5. The topological polar surface area (TPSA) is 113 Å². The third-order valence-corrected chi connectivity index (χ3v) is 7.07. The minimum atomic E-state index is -3.26. The van der Waals surface area contributed by atoms with E-state index in [-0.39, 0.29) is 28.4 Å². The molecule has 3 aromatic rings. The Morgan fingerprint density at radius 2 is 1.82 bits per heavy atom. The summed E-state index contributed by atoms with van der Waals surface area (Å²) in [6, 6.07) is 17.5. The standard InChI is InChI=1S/C25H26N4O3S/c1-4-33(31,32)22-12-8-18(9-13-22)14-24(30)29-21-11-10-19(27-17-21)15-25(2,3)23-7-5-6-20(16-26)28-23/h5-13,17H,4,14-15H2,1-3H3,(H,29,30). The van der Waals surface area contributed by atoms with Gasteiger partial charge in [-0.3, -0.25) is 9.78 Å². The van der Waals surface area contributed by atoms with Gasteiger partial charge in [-0.2, -0.15) is 5.26 Å². The number of nitrogens with zero attached hydrogens (tertiary/aromatic N) is 3. The molecule has 0 bridgehead atoms. The Bertz CT molecular complexity index is 1280. The average molecular weight is 463 g/mol. The first-order chi connectivity index (χ1) is 15.6. The highest BCUT2D eigenvalue weighted by atomic mass is 32.2. The maximum Gasteiger partial charge on any atom is 0.228 e. The number of carbonyl (C=O) groups excluding carboxylic acids is 1. The molecule has 7 nitrogen and oxygen atoms in total. The van der Waals surface area contributed by atoms with Crippen molar-refractivity contribution < 1.29 is 13.2 Å². The van der Waals surface area contributed by atoms with E-state index in [2.05, 4.69) is 21.4 Å². The number of pyridine rings is 2. The van der Waals surface area contributed by atoms with Gasteiger partial charge in [-0.1, -0.05) is 39.0 Å². The first kappa shape index (κ1) is 24.1. The number of amides is 1. The number of carbonyl (C=O) groups is 1. The number of benzene rings is 1. The predicted molar refractivity (Wildman–Crippen MR) is 126 cm³/mol. The van der Waals surface area contributed by atoms with Crippen molar-refractivity contribution in [2.75, 3.05) is 11.1 Å². The third-order valence-electron chi connectivity index (χ3n) is 5.32. The number of hydrogen-bond donors (Lipinski definition) is 1. The summed E-state index contributed by atoms with van der Waals surface area (Å²) in [5.41, 5.74) is 3.03. The van der Waals surface area contributed by atoms with Crippen LogP contribution in [0.2, 0.25) is 0 Å². The quantitative estimate of drug-likeness (QED) is 0.544. The molecule has 33 heavy (non-hydrogen) atoms. The third kappa shape index (κ3) is 6.24. The van der Waals surface area contributed by atoms with Crippen LogP contribution in [0.15, 0.2) is 65.7 Å². The van der Waals surface area contributed by atoms with Crippen LogP contribution in [-0.2, 0) is 32.9 Å². The maximum absolute atomic E-state index is 12.4. The first-order valence-corrected chi connectivity index (χ1v) is 12.2. The second-order valence-corrected chi connectivity index (χ2v) is 10.7. The summed E-state index contributed by atoms with van der Waals surface area (Å²) in [5.74, 6) is -0.177. The van der Waals surface area contributed by atoms with Crippen molar-refractivity contribution in [2.45, 2.75) is 43.9 Å². The fourth-order valence-corrected chi connectivity index (χ4v) is 4.28. The molecule has 1 amide bonds. The summed E-state index contributed by atoms with van der Waals surface area (Å²) in [5, 5.41) is 11.9. The van der Waals surface area contributed by atoms with Gasteiger partial charge >= 0.3 is 0 Å². The van der Waals surface area contributed by atoms with Crippen molar-refractivity contribution in [1.82, 2.24) is 9.97 Å². The second-order valence-electron chi connectivity index (χ2n) is 8.39. The van der Waals surface area contributed by atoms with E-state index in [1.165, 1.54) is 12.1 Å². The normalized spacial score (nSPS) is 11.6. The SMILES string of the molecule is CCS(=O)(=O)c1ccc(CC(=O)Nc2ccc(CC(C)(C)c3cccc(C#N)n3)nc2)cc1. The van der Waals surface area contributed by atoms with Crippen LogP contribution in [0.3, 0.4) is 0 Å². The van der Waals surface area contributed by atoms with E-state index < -0.39 is 9.84 Å². The minimum Gasteiger partial charge on any atom is -0.324 e. The van der Waals surface area contributed by atoms with Gasteiger partial charge < -0.3 is 5.32 Å². The van der Waals surface area contributed by atoms with Crippen LogP contribution in [-0.4, -0.2) is 30.0 Å². The van der Waals surface area contributed by atoms with E-state index in [1.807, 2.05) is 32.0 Å². The fourth-order valence-electron chi connectivity index (χ4n) is 3.39. The van der Waals surface area contributed by atoms with E-state index >= 15 is 0 Å². The van der Waals surface area contributed by atoms with Crippen molar-refractivity contribution in [3.05, 3.63) is 83.4 Å². The molecule has 0 spiro atoms. The van der Waals surface area contributed by atoms with E-state index in [4.69, 9.17) is 5.26 Å². The Morgan fingerprint density at radius 1 is 1.09 bits per heavy atom. The number of nitrogens with one attached hydrogen (secondary N) is 1. The van der Waals surface area contributed by atoms with Crippen molar-refractivity contribution >= 4 is 21.4 Å². The zero-order chi connectivity index (χ0) is 24.1. The highest BCUT2D eigenvalue weighted by Crippen LogP contribution is 2.26. The Kier molecular flexibility index (Phi) is 7.24. The molecule has 2 aromatic heterocycles. The molecule has 2 heterocycles. The van der Waals surface area contributed by atoms with Gasteiger partial charge in [0.15, 0.2) is 9.84 Å². The van der Waals surface area contributed by atoms with Gasteiger partial charge in [0.2, 0.25) is 5.91 Å². The van der Waals surface area contributed by atoms with Gasteiger partial charge in [0.25, 0.3) is 0 Å². The van der Waals surface area contributed by atoms with E-state index in [0.717, 1.165) is 17.0 Å². The zero-order valence-corrected chi connectivity index (χ0v) is 19.7. The van der Waals surface area contributed by atoms with Gasteiger partial charge in [0.05, 0.1) is 29.0 Å². The lowest BCUT2D eigenvalue weighted by Crippen LogP contribution is -2.23. The molecule has 0 atom stereocenters. The highest BCUT2D eigenvalue weighted by molar-refractivity contribution is 7.91. The molecule has 1 aromatic carbocycles. The molecule has 0 aliphatic carbocycles. The average Bonchev–Trinajstić information content (AvgIpc) is 2.80. The van der Waals surface area contributed by atoms with Crippen LogP contribution in [0.4, 0.5) is 5.69 Å². The molecule has 1 N–H and O–H groups in total. The Labute approximate surface area is 194 Å². The molecule has 0 unspecified atom stereocenters. The number of anilines is 1. The molecule has 0 saturated heterocycles. The molecule has 0 radical (unpaired) electrons. The Hall–Kier alpha value is -3.57. The van der Waals surface area contributed by atoms with E-state index in [1.54, 1.807) is 37.4 Å². The van der Waals surface area contributed by atoms with Gasteiger partial charge in [-0.05, 0) is 42.0 Å². The molecule has 3 rings (SSSR count). The lowest BCUT2D eigenvalue weighted by molar-refractivity contribution is -0.115. The Morgan fingerprint density at radius 3 is 2.42 bits per heavy atom. The summed E-state index contributed by atoms with van der Waals surface area (Å²) in [6.45, 7) is 5.69. The summed E-state index contributed by atoms with van der Waals surface area (Å²) in [7, 11) is -3.26. The highest BCUT2D eigenvalue weighted by Gasteiger charge is 2.24. The smallest absolute Gasteiger partial charge is 0.228 e. The van der Waals surface area contributed by atoms with E-state index in [0.29, 0.717) is 17.8 Å². The monoisotopic (exact) mass is 462 g/mol. The van der Waals surface area contributed by atoms with Crippen LogP contribution in [0.5, 0.6) is 0 Å². The Balaban J connectivity index is 1.61. The van der Waals surface area contributed by atoms with Crippen LogP contribution in [0, 0.1) is 11.3 Å².